The summed E-state index contributed by atoms with van der Waals surface area (Å²) in [6, 6.07) is 9.20. The quantitative estimate of drug-likeness (QED) is 0.784. The van der Waals surface area contributed by atoms with Gasteiger partial charge in [0.2, 0.25) is 5.91 Å². The van der Waals surface area contributed by atoms with Gasteiger partial charge in [0.25, 0.3) is 0 Å². The minimum Gasteiger partial charge on any atom is -0.380 e. The largest absolute Gasteiger partial charge is 0.380 e. The topological polar surface area (TPSA) is 38.3 Å². The zero-order valence-electron chi connectivity index (χ0n) is 9.39. The molecule has 0 aliphatic rings. The summed E-state index contributed by atoms with van der Waals surface area (Å²) in [6.45, 7) is 2.65. The summed E-state index contributed by atoms with van der Waals surface area (Å²) in [5, 5.41) is 2.05. The van der Waals surface area contributed by atoms with Crippen LogP contribution in [0.15, 0.2) is 30.3 Å². The number of amides is 1. The van der Waals surface area contributed by atoms with Gasteiger partial charge < -0.3 is 10.1 Å². The SMILES string of the molecule is Br.Br.CCOCC(Cl)C(=O)Nc1ccccc1. The molecule has 0 bridgehead atoms. The second-order valence-corrected chi connectivity index (χ2v) is 3.51. The number of carbonyl (C=O) groups excluding carboxylic acids is 1. The van der Waals surface area contributed by atoms with Gasteiger partial charge >= 0.3 is 0 Å². The van der Waals surface area contributed by atoms with Crippen LogP contribution < -0.4 is 5.32 Å². The molecule has 1 atom stereocenters. The maximum absolute atomic E-state index is 11.5. The molecule has 0 aliphatic heterocycles. The monoisotopic (exact) mass is 387 g/mol. The van der Waals surface area contributed by atoms with E-state index < -0.39 is 5.38 Å². The Kier molecular flexibility index (Phi) is 12.5. The number of halogens is 3. The van der Waals surface area contributed by atoms with Crippen LogP contribution in [0.4, 0.5) is 5.69 Å². The van der Waals surface area contributed by atoms with Gasteiger partial charge in [-0.05, 0) is 19.1 Å². The van der Waals surface area contributed by atoms with Crippen molar-refractivity contribution in [3.8, 4) is 0 Å². The van der Waals surface area contributed by atoms with Crippen LogP contribution in [-0.4, -0.2) is 24.5 Å². The first-order valence-corrected chi connectivity index (χ1v) is 5.25. The van der Waals surface area contributed by atoms with Gasteiger partial charge in [0.15, 0.2) is 0 Å². The van der Waals surface area contributed by atoms with Crippen molar-refractivity contribution in [2.45, 2.75) is 12.3 Å². The van der Waals surface area contributed by atoms with E-state index in [0.29, 0.717) is 6.61 Å². The van der Waals surface area contributed by atoms with Gasteiger partial charge in [0.1, 0.15) is 5.38 Å². The summed E-state index contributed by atoms with van der Waals surface area (Å²) in [5.74, 6) is -0.240. The van der Waals surface area contributed by atoms with Crippen molar-refractivity contribution in [2.75, 3.05) is 18.5 Å². The van der Waals surface area contributed by atoms with Crippen LogP contribution in [-0.2, 0) is 9.53 Å². The van der Waals surface area contributed by atoms with Crippen LogP contribution in [0.3, 0.4) is 0 Å². The average molecular weight is 390 g/mol. The van der Waals surface area contributed by atoms with Crippen molar-refractivity contribution in [2.24, 2.45) is 0 Å². The summed E-state index contributed by atoms with van der Waals surface area (Å²) in [4.78, 5) is 11.5. The van der Waals surface area contributed by atoms with Crippen molar-refractivity contribution >= 4 is 57.2 Å². The molecule has 0 fully saturated rings. The van der Waals surface area contributed by atoms with Crippen LogP contribution in [0.25, 0.3) is 0 Å². The number of hydrogen-bond acceptors (Lipinski definition) is 2. The van der Waals surface area contributed by atoms with Gasteiger partial charge in [-0.25, -0.2) is 0 Å². The molecule has 0 aliphatic carbocycles. The van der Waals surface area contributed by atoms with Crippen molar-refractivity contribution in [3.63, 3.8) is 0 Å². The number of para-hydroxylation sites is 1. The molecule has 0 heterocycles. The predicted molar refractivity (Wildman–Crippen MR) is 81.8 cm³/mol. The Labute approximate surface area is 127 Å². The third-order valence-corrected chi connectivity index (χ3v) is 2.12. The Hall–Kier alpha value is -0.1000. The molecule has 1 amide bonds. The lowest BCUT2D eigenvalue weighted by Crippen LogP contribution is -2.27. The van der Waals surface area contributed by atoms with Gasteiger partial charge in [-0.2, -0.15) is 0 Å². The molecule has 1 N–H and O–H groups in total. The third kappa shape index (κ3) is 7.76. The van der Waals surface area contributed by atoms with Crippen LogP contribution >= 0.6 is 45.6 Å². The fraction of sp³-hybridized carbons (Fsp3) is 0.364. The lowest BCUT2D eigenvalue weighted by atomic mass is 10.3. The zero-order chi connectivity index (χ0) is 11.1. The zero-order valence-corrected chi connectivity index (χ0v) is 13.6. The van der Waals surface area contributed by atoms with E-state index in [1.54, 1.807) is 0 Å². The first-order chi connectivity index (χ1) is 7.24. The lowest BCUT2D eigenvalue weighted by Gasteiger charge is -2.10. The first kappa shape index (κ1) is 19.2. The molecule has 0 radical (unpaired) electrons. The van der Waals surface area contributed by atoms with E-state index >= 15 is 0 Å². The maximum atomic E-state index is 11.5. The van der Waals surface area contributed by atoms with E-state index in [1.807, 2.05) is 37.3 Å². The Morgan fingerprint density at radius 3 is 2.47 bits per heavy atom. The number of nitrogens with one attached hydrogen (secondary N) is 1. The number of hydrogen-bond donors (Lipinski definition) is 1. The van der Waals surface area contributed by atoms with E-state index in [1.165, 1.54) is 0 Å². The van der Waals surface area contributed by atoms with Gasteiger partial charge in [-0.1, -0.05) is 18.2 Å². The standard InChI is InChI=1S/C11H14ClNO2.2BrH/c1-2-15-8-10(12)11(14)13-9-6-4-3-5-7-9;;/h3-7,10H,2,8H2,1H3,(H,13,14);2*1H. The first-order valence-electron chi connectivity index (χ1n) is 4.81. The smallest absolute Gasteiger partial charge is 0.244 e. The third-order valence-electron chi connectivity index (χ3n) is 1.79. The molecular weight excluding hydrogens is 373 g/mol. The average Bonchev–Trinajstić information content (AvgIpc) is 2.27. The van der Waals surface area contributed by atoms with Crippen molar-refractivity contribution in [1.82, 2.24) is 0 Å². The minimum atomic E-state index is -0.648. The van der Waals surface area contributed by atoms with Crippen LogP contribution in [0.1, 0.15) is 6.92 Å². The molecule has 6 heteroatoms. The summed E-state index contributed by atoms with van der Waals surface area (Å²) in [7, 11) is 0. The van der Waals surface area contributed by atoms with Gasteiger partial charge in [0.05, 0.1) is 6.61 Å². The van der Waals surface area contributed by atoms with Crippen LogP contribution in [0.5, 0.6) is 0 Å². The predicted octanol–water partition coefficient (Wildman–Crippen LogP) is 3.42. The minimum absolute atomic E-state index is 0. The highest BCUT2D eigenvalue weighted by molar-refractivity contribution is 8.93. The summed E-state index contributed by atoms with van der Waals surface area (Å²) in [6.07, 6.45) is 0. The molecule has 0 saturated heterocycles. The normalized spacial score (nSPS) is 10.7. The second kappa shape index (κ2) is 11.0. The molecule has 98 valence electrons. The van der Waals surface area contributed by atoms with E-state index in [4.69, 9.17) is 16.3 Å². The molecule has 1 rings (SSSR count). The Bertz CT molecular complexity index is 312. The lowest BCUT2D eigenvalue weighted by molar-refractivity contribution is -0.116. The number of rotatable bonds is 5. The molecule has 1 aromatic rings. The van der Waals surface area contributed by atoms with E-state index in [-0.39, 0.29) is 46.5 Å². The highest BCUT2D eigenvalue weighted by Gasteiger charge is 2.14. The molecule has 0 spiro atoms. The van der Waals surface area contributed by atoms with E-state index in [9.17, 15) is 4.79 Å². The van der Waals surface area contributed by atoms with E-state index in [0.717, 1.165) is 5.69 Å². The van der Waals surface area contributed by atoms with Gasteiger partial charge in [0, 0.05) is 12.3 Å². The number of carbonyl (C=O) groups is 1. The molecule has 3 nitrogen and oxygen atoms in total. The molecule has 17 heavy (non-hydrogen) atoms. The second-order valence-electron chi connectivity index (χ2n) is 2.98. The fourth-order valence-corrected chi connectivity index (χ4v) is 1.18. The molecule has 0 saturated carbocycles. The van der Waals surface area contributed by atoms with Crippen molar-refractivity contribution in [3.05, 3.63) is 30.3 Å². The maximum Gasteiger partial charge on any atom is 0.244 e. The number of anilines is 1. The molecule has 0 aromatic heterocycles. The Morgan fingerprint density at radius 1 is 1.35 bits per heavy atom. The van der Waals surface area contributed by atoms with E-state index in [2.05, 4.69) is 5.32 Å². The number of benzene rings is 1. The van der Waals surface area contributed by atoms with Gasteiger partial charge in [-0.15, -0.1) is 45.6 Å². The number of alkyl halides is 1. The Balaban J connectivity index is 0. The van der Waals surface area contributed by atoms with Crippen LogP contribution in [0.2, 0.25) is 0 Å². The highest BCUT2D eigenvalue weighted by atomic mass is 79.9. The van der Waals surface area contributed by atoms with Crippen molar-refractivity contribution < 1.29 is 9.53 Å². The fourth-order valence-electron chi connectivity index (χ4n) is 1.04. The van der Waals surface area contributed by atoms with Crippen molar-refractivity contribution in [1.29, 1.82) is 0 Å². The Morgan fingerprint density at radius 2 is 1.94 bits per heavy atom. The highest BCUT2D eigenvalue weighted by Crippen LogP contribution is 2.07. The summed E-state index contributed by atoms with van der Waals surface area (Å²) >= 11 is 5.82. The number of ether oxygens (including phenoxy) is 1. The van der Waals surface area contributed by atoms with Crippen LogP contribution in [0, 0.1) is 0 Å². The van der Waals surface area contributed by atoms with Gasteiger partial charge in [-0.3, -0.25) is 4.79 Å². The molecular formula is C11H16Br2ClNO2. The summed E-state index contributed by atoms with van der Waals surface area (Å²) in [5.41, 5.74) is 0.740. The molecule has 1 unspecified atom stereocenters. The molecule has 1 aromatic carbocycles. The summed E-state index contributed by atoms with van der Waals surface area (Å²) < 4.78 is 5.06.